The zero-order valence-electron chi connectivity index (χ0n) is 17.8. The standard InChI is InChI=1S/C25H17F5O3S2/c26-19-8-14-22(15-9-19)34(21-4-2-1-3-5-21,23-16-10-20(27)11-17-23)33-35(31,32)24-12-6-18(7-13-24)25(28,29)30/h1-17H/p+1. The summed E-state index contributed by atoms with van der Waals surface area (Å²) in [7, 11) is -7.57. The number of halogens is 5. The average Bonchev–Trinajstić information content (AvgIpc) is 2.84. The minimum Gasteiger partial charge on any atom is -0.258 e. The fourth-order valence-corrected chi connectivity index (χ4v) is 8.89. The van der Waals surface area contributed by atoms with E-state index in [-0.39, 0.29) is 0 Å². The summed E-state index contributed by atoms with van der Waals surface area (Å²) in [4.78, 5) is 0.690. The van der Waals surface area contributed by atoms with Gasteiger partial charge >= 0.3 is 16.3 Å². The monoisotopic (exact) mass is 525 g/mol. The molecule has 4 aromatic rings. The number of benzene rings is 4. The number of alkyl halides is 3. The number of rotatable bonds is 6. The SMILES string of the molecule is O=S(=O)([OH+]S(c1ccccc1)(c1ccc(F)cc1)c1ccc(F)cc1)c1ccc(C(F)(F)F)cc1. The summed E-state index contributed by atoms with van der Waals surface area (Å²) in [5.41, 5.74) is -1.00. The van der Waals surface area contributed by atoms with Gasteiger partial charge in [-0.05, 0) is 84.9 Å². The van der Waals surface area contributed by atoms with Crippen LogP contribution in [0.15, 0.2) is 123 Å². The van der Waals surface area contributed by atoms with Crippen LogP contribution >= 0.6 is 10.3 Å². The molecule has 182 valence electrons. The summed E-state index contributed by atoms with van der Waals surface area (Å²) in [5, 5.41) is 0. The van der Waals surface area contributed by atoms with Crippen molar-refractivity contribution in [3.8, 4) is 0 Å². The maximum absolute atomic E-state index is 13.8. The van der Waals surface area contributed by atoms with Crippen molar-refractivity contribution in [2.75, 3.05) is 0 Å². The number of hydrogen-bond donors (Lipinski definition) is 0. The molecule has 0 aromatic heterocycles. The Bertz CT molecular complexity index is 1360. The third-order valence-electron chi connectivity index (χ3n) is 5.08. The summed E-state index contributed by atoms with van der Waals surface area (Å²) in [6.45, 7) is 0. The van der Waals surface area contributed by atoms with E-state index in [0.717, 1.165) is 36.4 Å². The minimum atomic E-state index is -4.64. The predicted octanol–water partition coefficient (Wildman–Crippen LogP) is 7.66. The van der Waals surface area contributed by atoms with E-state index < -0.39 is 48.7 Å². The Balaban J connectivity index is 1.95. The van der Waals surface area contributed by atoms with Crippen LogP contribution in [0, 0.1) is 11.6 Å². The second kappa shape index (κ2) is 9.44. The molecule has 10 heteroatoms. The zero-order valence-corrected chi connectivity index (χ0v) is 19.4. The Kier molecular flexibility index (Phi) is 6.72. The summed E-state index contributed by atoms with van der Waals surface area (Å²) in [6, 6.07) is 21.6. The predicted molar refractivity (Wildman–Crippen MR) is 123 cm³/mol. The molecule has 0 saturated heterocycles. The largest absolute Gasteiger partial charge is 0.422 e. The summed E-state index contributed by atoms with van der Waals surface area (Å²) < 4.78 is 97.8. The molecule has 0 fully saturated rings. The fourth-order valence-electron chi connectivity index (χ4n) is 3.42. The van der Waals surface area contributed by atoms with Gasteiger partial charge in [-0.25, -0.2) is 8.78 Å². The Morgan fingerprint density at radius 3 is 1.37 bits per heavy atom. The molecule has 0 atom stereocenters. The van der Waals surface area contributed by atoms with Gasteiger partial charge in [-0.1, -0.05) is 18.2 Å². The van der Waals surface area contributed by atoms with E-state index in [4.69, 9.17) is 0 Å². The lowest BCUT2D eigenvalue weighted by molar-refractivity contribution is -0.137. The van der Waals surface area contributed by atoms with E-state index in [0.29, 0.717) is 26.8 Å². The van der Waals surface area contributed by atoms with Crippen LogP contribution in [0.5, 0.6) is 0 Å². The first-order chi connectivity index (χ1) is 16.5. The molecular formula is C25H18F5O3S2+. The summed E-state index contributed by atoms with van der Waals surface area (Å²) >= 11 is 0. The first-order valence-corrected chi connectivity index (χ1v) is 13.1. The van der Waals surface area contributed by atoms with Crippen LogP contribution in [0.1, 0.15) is 5.56 Å². The van der Waals surface area contributed by atoms with Gasteiger partial charge in [-0.2, -0.15) is 13.2 Å². The van der Waals surface area contributed by atoms with E-state index in [2.05, 4.69) is 3.63 Å². The van der Waals surface area contributed by atoms with E-state index >= 15 is 0 Å². The molecule has 0 aliphatic carbocycles. The van der Waals surface area contributed by atoms with Crippen molar-refractivity contribution in [2.24, 2.45) is 0 Å². The molecule has 0 amide bonds. The molecule has 0 spiro atoms. The Hall–Kier alpha value is -3.21. The van der Waals surface area contributed by atoms with Crippen LogP contribution in [0.25, 0.3) is 0 Å². The Morgan fingerprint density at radius 1 is 0.543 bits per heavy atom. The maximum Gasteiger partial charge on any atom is 0.422 e. The number of hydrogen-bond acceptors (Lipinski definition) is 2. The highest BCUT2D eigenvalue weighted by molar-refractivity contribution is 8.32. The molecule has 4 rings (SSSR count). The van der Waals surface area contributed by atoms with Crippen LogP contribution in [-0.2, 0) is 16.3 Å². The van der Waals surface area contributed by atoms with Gasteiger partial charge in [0.25, 0.3) is 0 Å². The molecule has 3 nitrogen and oxygen atoms in total. The molecule has 4 aromatic carbocycles. The molecular weight excluding hydrogens is 507 g/mol. The minimum absolute atomic E-state index is 0.340. The van der Waals surface area contributed by atoms with Gasteiger partial charge < -0.3 is 0 Å². The van der Waals surface area contributed by atoms with Crippen LogP contribution in [0.2, 0.25) is 0 Å². The second-order valence-electron chi connectivity index (χ2n) is 7.37. The highest BCUT2D eigenvalue weighted by Gasteiger charge is 2.43. The molecule has 0 saturated carbocycles. The van der Waals surface area contributed by atoms with E-state index in [1.54, 1.807) is 30.3 Å². The highest BCUT2D eigenvalue weighted by Crippen LogP contribution is 2.68. The van der Waals surface area contributed by atoms with E-state index in [9.17, 15) is 30.4 Å². The van der Waals surface area contributed by atoms with Gasteiger partial charge in [0.2, 0.25) is 0 Å². The lowest BCUT2D eigenvalue weighted by Gasteiger charge is -2.34. The van der Waals surface area contributed by atoms with E-state index in [1.807, 2.05) is 0 Å². The molecule has 1 N–H and O–H groups in total. The van der Waals surface area contributed by atoms with Gasteiger partial charge in [0.1, 0.15) is 16.5 Å². The Morgan fingerprint density at radius 2 is 0.943 bits per heavy atom. The van der Waals surface area contributed by atoms with Gasteiger partial charge in [0, 0.05) is 0 Å². The topological polar surface area (TPSA) is 46.9 Å². The highest BCUT2D eigenvalue weighted by atomic mass is 32.3. The maximum atomic E-state index is 13.8. The van der Waals surface area contributed by atoms with Crippen molar-refractivity contribution in [3.05, 3.63) is 120 Å². The first kappa shape index (κ1) is 24.9. The average molecular weight is 526 g/mol. The normalized spacial score (nSPS) is 12.9. The van der Waals surface area contributed by atoms with Crippen molar-refractivity contribution in [3.63, 3.8) is 0 Å². The molecule has 0 aliphatic rings. The van der Waals surface area contributed by atoms with Crippen molar-refractivity contribution >= 4 is 20.4 Å². The molecule has 35 heavy (non-hydrogen) atoms. The van der Waals surface area contributed by atoms with Gasteiger partial charge in [-0.3, -0.25) is 3.63 Å². The molecule has 0 aliphatic heterocycles. The van der Waals surface area contributed by atoms with Crippen molar-refractivity contribution < 1.29 is 34.0 Å². The first-order valence-electron chi connectivity index (χ1n) is 10.1. The van der Waals surface area contributed by atoms with Crippen LogP contribution < -0.4 is 0 Å². The Labute approximate surface area is 200 Å². The van der Waals surface area contributed by atoms with Crippen LogP contribution in [0.3, 0.4) is 0 Å². The molecule has 0 unspecified atom stereocenters. The van der Waals surface area contributed by atoms with E-state index in [1.165, 1.54) is 24.3 Å². The summed E-state index contributed by atoms with van der Waals surface area (Å²) in [5.74, 6) is -1.11. The van der Waals surface area contributed by atoms with Crippen molar-refractivity contribution in [1.82, 2.24) is 0 Å². The van der Waals surface area contributed by atoms with Gasteiger partial charge in [-0.15, -0.1) is 8.42 Å². The molecule has 0 heterocycles. The van der Waals surface area contributed by atoms with Gasteiger partial charge in [0.15, 0.2) is 0 Å². The van der Waals surface area contributed by atoms with Gasteiger partial charge in [0.05, 0.1) is 30.6 Å². The smallest absolute Gasteiger partial charge is 0.258 e. The summed E-state index contributed by atoms with van der Waals surface area (Å²) in [6.07, 6.45) is -4.64. The third kappa shape index (κ3) is 5.09. The fraction of sp³-hybridized carbons (Fsp3) is 0.0400. The van der Waals surface area contributed by atoms with Crippen molar-refractivity contribution in [1.29, 1.82) is 0 Å². The zero-order chi connectivity index (χ0) is 25.3. The lowest BCUT2D eigenvalue weighted by atomic mass is 10.2. The van der Waals surface area contributed by atoms with Crippen molar-refractivity contribution in [2.45, 2.75) is 25.8 Å². The molecule has 0 radical (unpaired) electrons. The lowest BCUT2D eigenvalue weighted by Crippen LogP contribution is -2.19. The van der Waals surface area contributed by atoms with Crippen LogP contribution in [0.4, 0.5) is 22.0 Å². The molecule has 0 bridgehead atoms. The third-order valence-corrected chi connectivity index (χ3v) is 10.5. The van der Waals surface area contributed by atoms with Crippen LogP contribution in [-0.4, -0.2) is 12.0 Å². The quantitative estimate of drug-likeness (QED) is 0.147. The second-order valence-corrected chi connectivity index (χ2v) is 12.0.